The van der Waals surface area contributed by atoms with Gasteiger partial charge in [-0.25, -0.2) is 0 Å². The molecule has 0 aliphatic carbocycles. The summed E-state index contributed by atoms with van der Waals surface area (Å²) in [5, 5.41) is 0. The van der Waals surface area contributed by atoms with Crippen molar-refractivity contribution < 1.29 is 21.6 Å². The molecule has 0 aliphatic heterocycles. The van der Waals surface area contributed by atoms with E-state index >= 15 is 0 Å². The molecule has 0 rings (SSSR count). The average molecular weight is 393 g/mol. The number of unbranched alkanes of at least 4 members (excludes halogenated alkanes) is 11. The summed E-state index contributed by atoms with van der Waals surface area (Å²) < 4.78 is 1.12. The number of halogens is 1. The van der Waals surface area contributed by atoms with Gasteiger partial charge in [-0.3, -0.25) is 0 Å². The maximum Gasteiger partial charge on any atom is 0.0780 e. The van der Waals surface area contributed by atoms with Gasteiger partial charge in [-0.1, -0.05) is 71.1 Å². The summed E-state index contributed by atoms with van der Waals surface area (Å²) in [4.78, 5) is 0. The predicted molar refractivity (Wildman–Crippen MR) is 94.3 cm³/mol. The number of nitrogens with zero attached hydrogens (tertiary/aromatic N) is 1. The van der Waals surface area contributed by atoms with Crippen LogP contribution in [0.25, 0.3) is 0 Å². The number of quaternary nitrogens is 1. The second-order valence-electron chi connectivity index (χ2n) is 6.90. The van der Waals surface area contributed by atoms with Crippen LogP contribution in [0.1, 0.15) is 84.0 Å². The topological polar surface area (TPSA) is 0 Å². The zero-order valence-electron chi connectivity index (χ0n) is 14.4. The Kier molecular flexibility index (Phi) is 23.3. The van der Waals surface area contributed by atoms with Gasteiger partial charge in [0.1, 0.15) is 0 Å². The fourth-order valence-electron chi connectivity index (χ4n) is 2.43. The Hall–Kier alpha value is 0.959. The first-order valence-corrected chi connectivity index (χ1v) is 8.36. The van der Waals surface area contributed by atoms with Crippen LogP contribution in [0.4, 0.5) is 0 Å². The van der Waals surface area contributed by atoms with Crippen LogP contribution in [0.15, 0.2) is 0 Å². The summed E-state index contributed by atoms with van der Waals surface area (Å²) in [5.41, 5.74) is 0. The molecular formula is C17H39BrFeN+. The van der Waals surface area contributed by atoms with Gasteiger partial charge in [0.25, 0.3) is 0 Å². The molecule has 0 saturated carbocycles. The zero-order chi connectivity index (χ0) is 13.7. The first kappa shape index (κ1) is 25.9. The molecule has 0 atom stereocenters. The van der Waals surface area contributed by atoms with E-state index in [1.54, 1.807) is 0 Å². The SMILES string of the molecule is Br.CCCCCCCCCCCCCC[N+](C)(C)C.[Fe]. The summed E-state index contributed by atoms with van der Waals surface area (Å²) in [6.45, 7) is 3.62. The normalized spacial score (nSPS) is 10.8. The monoisotopic (exact) mass is 392 g/mol. The minimum atomic E-state index is 0. The van der Waals surface area contributed by atoms with Gasteiger partial charge >= 0.3 is 0 Å². The van der Waals surface area contributed by atoms with E-state index in [1.807, 2.05) is 0 Å². The van der Waals surface area contributed by atoms with Gasteiger partial charge in [-0.05, 0) is 12.8 Å². The molecular weight excluding hydrogens is 354 g/mol. The standard InChI is InChI=1S/C17H38N.BrH.Fe/c1-5-6-7-8-9-10-11-12-13-14-15-16-17-18(2,3)4;;/h5-17H2,1-4H3;1H;/q+1;;. The Morgan fingerprint density at radius 1 is 0.550 bits per heavy atom. The minimum Gasteiger partial charge on any atom is -0.331 e. The maximum absolute atomic E-state index is 2.29. The van der Waals surface area contributed by atoms with Gasteiger partial charge < -0.3 is 4.48 Å². The van der Waals surface area contributed by atoms with E-state index in [0.29, 0.717) is 0 Å². The van der Waals surface area contributed by atoms with Crippen LogP contribution in [0.3, 0.4) is 0 Å². The Morgan fingerprint density at radius 3 is 1.15 bits per heavy atom. The van der Waals surface area contributed by atoms with Crippen LogP contribution in [0, 0.1) is 0 Å². The van der Waals surface area contributed by atoms with Crippen molar-refractivity contribution in [2.45, 2.75) is 84.0 Å². The van der Waals surface area contributed by atoms with Gasteiger partial charge in [-0.15, -0.1) is 17.0 Å². The van der Waals surface area contributed by atoms with Crippen molar-refractivity contribution in [1.82, 2.24) is 0 Å². The maximum atomic E-state index is 2.29. The smallest absolute Gasteiger partial charge is 0.0780 e. The van der Waals surface area contributed by atoms with Gasteiger partial charge in [0, 0.05) is 17.1 Å². The van der Waals surface area contributed by atoms with Gasteiger partial charge in [0.15, 0.2) is 0 Å². The summed E-state index contributed by atoms with van der Waals surface area (Å²) >= 11 is 0. The molecule has 0 aromatic carbocycles. The molecule has 0 aromatic rings. The second-order valence-corrected chi connectivity index (χ2v) is 6.90. The Bertz CT molecular complexity index is 169. The molecule has 126 valence electrons. The van der Waals surface area contributed by atoms with Gasteiger partial charge in [0.2, 0.25) is 0 Å². The molecule has 0 heterocycles. The van der Waals surface area contributed by atoms with Crippen LogP contribution in [-0.2, 0) is 17.1 Å². The molecule has 0 fully saturated rings. The molecule has 0 aromatic heterocycles. The molecule has 0 bridgehead atoms. The Balaban J connectivity index is -0.00000144. The van der Waals surface area contributed by atoms with Crippen molar-refractivity contribution in [3.8, 4) is 0 Å². The molecule has 0 aliphatic rings. The van der Waals surface area contributed by atoms with Crippen molar-refractivity contribution in [3.63, 3.8) is 0 Å². The third-order valence-corrected chi connectivity index (χ3v) is 3.68. The fraction of sp³-hybridized carbons (Fsp3) is 1.00. The summed E-state index contributed by atoms with van der Waals surface area (Å²) in [6, 6.07) is 0. The van der Waals surface area contributed by atoms with Crippen LogP contribution in [-0.4, -0.2) is 32.2 Å². The first-order chi connectivity index (χ1) is 8.56. The van der Waals surface area contributed by atoms with E-state index in [-0.39, 0.29) is 34.1 Å². The molecule has 0 radical (unpaired) electrons. The Labute approximate surface area is 150 Å². The molecule has 0 amide bonds. The number of hydrogen-bond acceptors (Lipinski definition) is 0. The number of rotatable bonds is 13. The van der Waals surface area contributed by atoms with Crippen LogP contribution < -0.4 is 0 Å². The molecule has 0 N–H and O–H groups in total. The summed E-state index contributed by atoms with van der Waals surface area (Å²) in [6.07, 6.45) is 17.4. The first-order valence-electron chi connectivity index (χ1n) is 8.36. The fourth-order valence-corrected chi connectivity index (χ4v) is 2.43. The molecule has 20 heavy (non-hydrogen) atoms. The molecule has 0 unspecified atom stereocenters. The minimum absolute atomic E-state index is 0. The summed E-state index contributed by atoms with van der Waals surface area (Å²) in [5.74, 6) is 0. The average Bonchev–Trinajstić information content (AvgIpc) is 2.29. The van der Waals surface area contributed by atoms with Crippen molar-refractivity contribution in [3.05, 3.63) is 0 Å². The van der Waals surface area contributed by atoms with E-state index in [4.69, 9.17) is 0 Å². The molecule has 3 heteroatoms. The predicted octanol–water partition coefficient (Wildman–Crippen LogP) is 5.97. The van der Waals surface area contributed by atoms with Crippen molar-refractivity contribution >= 4 is 17.0 Å². The van der Waals surface area contributed by atoms with E-state index in [1.165, 1.54) is 83.6 Å². The van der Waals surface area contributed by atoms with Gasteiger partial charge in [0.05, 0.1) is 27.7 Å². The molecule has 1 nitrogen and oxygen atoms in total. The third kappa shape index (κ3) is 24.0. The largest absolute Gasteiger partial charge is 0.331 e. The molecule has 0 spiro atoms. The quantitative estimate of drug-likeness (QED) is 0.206. The van der Waals surface area contributed by atoms with Crippen LogP contribution in [0.2, 0.25) is 0 Å². The van der Waals surface area contributed by atoms with Crippen LogP contribution in [0.5, 0.6) is 0 Å². The van der Waals surface area contributed by atoms with E-state index in [0.717, 1.165) is 4.48 Å². The molecule has 0 saturated heterocycles. The summed E-state index contributed by atoms with van der Waals surface area (Å²) in [7, 11) is 6.87. The number of hydrogen-bond donors (Lipinski definition) is 0. The van der Waals surface area contributed by atoms with E-state index in [2.05, 4.69) is 28.1 Å². The van der Waals surface area contributed by atoms with Crippen molar-refractivity contribution in [2.24, 2.45) is 0 Å². The van der Waals surface area contributed by atoms with E-state index < -0.39 is 0 Å². The van der Waals surface area contributed by atoms with E-state index in [9.17, 15) is 0 Å². The Morgan fingerprint density at radius 2 is 0.850 bits per heavy atom. The second kappa shape index (κ2) is 18.0. The zero-order valence-corrected chi connectivity index (χ0v) is 17.2. The van der Waals surface area contributed by atoms with Crippen molar-refractivity contribution in [2.75, 3.05) is 27.7 Å². The third-order valence-electron chi connectivity index (χ3n) is 3.68. The van der Waals surface area contributed by atoms with Gasteiger partial charge in [-0.2, -0.15) is 0 Å². The van der Waals surface area contributed by atoms with Crippen LogP contribution >= 0.6 is 17.0 Å². The van der Waals surface area contributed by atoms with Crippen molar-refractivity contribution in [1.29, 1.82) is 0 Å².